The molecule has 0 atom stereocenters. The summed E-state index contributed by atoms with van der Waals surface area (Å²) in [6.45, 7) is 0.133. The van der Waals surface area contributed by atoms with E-state index >= 15 is 0 Å². The van der Waals surface area contributed by atoms with Gasteiger partial charge in [0.05, 0.1) is 28.9 Å². The summed E-state index contributed by atoms with van der Waals surface area (Å²) < 4.78 is 41.7. The van der Waals surface area contributed by atoms with Gasteiger partial charge < -0.3 is 4.57 Å². The largest absolute Gasteiger partial charge is 0.326 e. The lowest BCUT2D eigenvalue weighted by Gasteiger charge is -2.07. The van der Waals surface area contributed by atoms with Gasteiger partial charge in [0.2, 0.25) is 0 Å². The number of halogens is 4. The number of imidazole rings is 1. The summed E-state index contributed by atoms with van der Waals surface area (Å²) in [5.74, 6) is -2.46. The quantitative estimate of drug-likeness (QED) is 0.694. The van der Waals surface area contributed by atoms with Crippen molar-refractivity contribution in [3.8, 4) is 0 Å². The highest BCUT2D eigenvalue weighted by molar-refractivity contribution is 6.30. The molecule has 20 heavy (non-hydrogen) atoms. The molecule has 1 aromatic heterocycles. The summed E-state index contributed by atoms with van der Waals surface area (Å²) in [6, 6.07) is 6.70. The molecule has 0 bridgehead atoms. The van der Waals surface area contributed by atoms with E-state index in [4.69, 9.17) is 11.6 Å². The minimum Gasteiger partial charge on any atom is -0.326 e. The predicted octanol–water partition coefficient (Wildman–Crippen LogP) is 4.16. The van der Waals surface area contributed by atoms with Crippen molar-refractivity contribution in [2.75, 3.05) is 0 Å². The van der Waals surface area contributed by atoms with Crippen LogP contribution in [0.15, 0.2) is 36.7 Å². The second-order valence-corrected chi connectivity index (χ2v) is 4.75. The van der Waals surface area contributed by atoms with Crippen molar-refractivity contribution in [3.63, 3.8) is 0 Å². The monoisotopic (exact) mass is 296 g/mol. The first-order valence-corrected chi connectivity index (χ1v) is 6.17. The first-order valence-electron chi connectivity index (χ1n) is 5.79. The molecular weight excluding hydrogens is 289 g/mol. The van der Waals surface area contributed by atoms with Crippen LogP contribution in [0.5, 0.6) is 0 Å². The van der Waals surface area contributed by atoms with Crippen molar-refractivity contribution in [2.45, 2.75) is 6.54 Å². The summed E-state index contributed by atoms with van der Waals surface area (Å²) in [4.78, 5) is 3.97. The zero-order valence-corrected chi connectivity index (χ0v) is 10.8. The average molecular weight is 297 g/mol. The molecule has 0 saturated heterocycles. The molecule has 6 heteroatoms. The van der Waals surface area contributed by atoms with Gasteiger partial charge in [-0.15, -0.1) is 0 Å². The third-order valence-corrected chi connectivity index (χ3v) is 3.33. The Morgan fingerprint density at radius 2 is 1.85 bits per heavy atom. The van der Waals surface area contributed by atoms with Gasteiger partial charge >= 0.3 is 0 Å². The van der Waals surface area contributed by atoms with Crippen LogP contribution in [0, 0.1) is 17.5 Å². The topological polar surface area (TPSA) is 17.8 Å². The fourth-order valence-corrected chi connectivity index (χ4v) is 2.23. The number of aromatic nitrogens is 2. The third kappa shape index (κ3) is 2.14. The van der Waals surface area contributed by atoms with Crippen molar-refractivity contribution in [1.29, 1.82) is 0 Å². The van der Waals surface area contributed by atoms with E-state index in [1.165, 1.54) is 17.0 Å². The highest BCUT2D eigenvalue weighted by Gasteiger charge is 2.12. The molecule has 2 aromatic carbocycles. The number of fused-ring (bicyclic) bond motifs is 1. The van der Waals surface area contributed by atoms with Gasteiger partial charge in [-0.2, -0.15) is 0 Å². The second kappa shape index (κ2) is 4.83. The Balaban J connectivity index is 2.07. The summed E-state index contributed by atoms with van der Waals surface area (Å²) in [5, 5.41) is 0.0177. The lowest BCUT2D eigenvalue weighted by atomic mass is 10.2. The Morgan fingerprint density at radius 3 is 2.65 bits per heavy atom. The van der Waals surface area contributed by atoms with Crippen LogP contribution in [-0.2, 0) is 6.54 Å². The van der Waals surface area contributed by atoms with Gasteiger partial charge in [0.15, 0.2) is 11.6 Å². The minimum absolute atomic E-state index is 0.0177. The maximum Gasteiger partial charge on any atom is 0.161 e. The summed E-state index contributed by atoms with van der Waals surface area (Å²) in [7, 11) is 0. The molecule has 0 radical (unpaired) electrons. The molecule has 3 aromatic rings. The SMILES string of the molecule is Fc1cc2ncn(Cc3cccc(Cl)c3F)c2cc1F. The van der Waals surface area contributed by atoms with Crippen LogP contribution in [0.3, 0.4) is 0 Å². The van der Waals surface area contributed by atoms with Crippen LogP contribution in [0.4, 0.5) is 13.2 Å². The molecule has 0 unspecified atom stereocenters. The van der Waals surface area contributed by atoms with Gasteiger partial charge in [-0.25, -0.2) is 18.2 Å². The fourth-order valence-electron chi connectivity index (χ4n) is 2.03. The summed E-state index contributed by atoms with van der Waals surface area (Å²) >= 11 is 5.71. The Kier molecular flexibility index (Phi) is 3.14. The Morgan fingerprint density at radius 1 is 1.10 bits per heavy atom. The molecule has 0 fully saturated rings. The van der Waals surface area contributed by atoms with Gasteiger partial charge in [0, 0.05) is 17.7 Å². The number of benzene rings is 2. The van der Waals surface area contributed by atoms with E-state index in [9.17, 15) is 13.2 Å². The number of hydrogen-bond donors (Lipinski definition) is 0. The molecule has 102 valence electrons. The normalized spacial score (nSPS) is 11.2. The van der Waals surface area contributed by atoms with E-state index in [1.54, 1.807) is 12.1 Å². The molecule has 3 rings (SSSR count). The third-order valence-electron chi connectivity index (χ3n) is 3.04. The molecular formula is C14H8ClF3N2. The maximum atomic E-state index is 13.8. The highest BCUT2D eigenvalue weighted by Crippen LogP contribution is 2.22. The molecule has 1 heterocycles. The van der Waals surface area contributed by atoms with Crippen LogP contribution in [0.25, 0.3) is 11.0 Å². The van der Waals surface area contributed by atoms with Crippen LogP contribution in [-0.4, -0.2) is 9.55 Å². The van der Waals surface area contributed by atoms with Gasteiger partial charge in [0.25, 0.3) is 0 Å². The van der Waals surface area contributed by atoms with Crippen LogP contribution < -0.4 is 0 Å². The maximum absolute atomic E-state index is 13.8. The van der Waals surface area contributed by atoms with Crippen LogP contribution in [0.1, 0.15) is 5.56 Å². The Bertz CT molecular complexity index is 798. The zero-order valence-electron chi connectivity index (χ0n) is 10.1. The van der Waals surface area contributed by atoms with Crippen LogP contribution in [0.2, 0.25) is 5.02 Å². The minimum atomic E-state index is -0.967. The van der Waals surface area contributed by atoms with E-state index in [2.05, 4.69) is 4.98 Å². The first kappa shape index (κ1) is 13.0. The molecule has 0 aliphatic rings. The Labute approximate surface area is 117 Å². The molecule has 0 amide bonds. The standard InChI is InChI=1S/C14H8ClF3N2/c15-9-3-1-2-8(14(9)18)6-20-7-19-12-4-10(16)11(17)5-13(12)20/h1-5,7H,6H2. The Hall–Kier alpha value is -2.01. The van der Waals surface area contributed by atoms with Gasteiger partial charge in [-0.3, -0.25) is 0 Å². The molecule has 2 nitrogen and oxygen atoms in total. The van der Waals surface area contributed by atoms with Crippen molar-refractivity contribution in [2.24, 2.45) is 0 Å². The fraction of sp³-hybridized carbons (Fsp3) is 0.0714. The molecule has 0 aliphatic heterocycles. The zero-order chi connectivity index (χ0) is 14.3. The smallest absolute Gasteiger partial charge is 0.161 e. The first-order chi connectivity index (χ1) is 9.56. The predicted molar refractivity (Wildman–Crippen MR) is 70.2 cm³/mol. The van der Waals surface area contributed by atoms with Crippen molar-refractivity contribution in [1.82, 2.24) is 9.55 Å². The van der Waals surface area contributed by atoms with Gasteiger partial charge in [-0.1, -0.05) is 23.7 Å². The van der Waals surface area contributed by atoms with E-state index in [1.807, 2.05) is 0 Å². The van der Waals surface area contributed by atoms with E-state index in [0.717, 1.165) is 12.1 Å². The van der Waals surface area contributed by atoms with Crippen molar-refractivity contribution < 1.29 is 13.2 Å². The molecule has 0 saturated carbocycles. The molecule has 0 spiro atoms. The van der Waals surface area contributed by atoms with E-state index < -0.39 is 17.5 Å². The summed E-state index contributed by atoms with van der Waals surface area (Å²) in [6.07, 6.45) is 1.41. The van der Waals surface area contributed by atoms with Gasteiger partial charge in [0.1, 0.15) is 5.82 Å². The summed E-state index contributed by atoms with van der Waals surface area (Å²) in [5.41, 5.74) is 1.05. The number of rotatable bonds is 2. The number of nitrogens with zero attached hydrogens (tertiary/aromatic N) is 2. The van der Waals surface area contributed by atoms with E-state index in [-0.39, 0.29) is 11.6 Å². The van der Waals surface area contributed by atoms with Crippen molar-refractivity contribution >= 4 is 22.6 Å². The van der Waals surface area contributed by atoms with E-state index in [0.29, 0.717) is 16.6 Å². The molecule has 0 aliphatic carbocycles. The molecule has 0 N–H and O–H groups in total. The highest BCUT2D eigenvalue weighted by atomic mass is 35.5. The van der Waals surface area contributed by atoms with Crippen LogP contribution >= 0.6 is 11.6 Å². The van der Waals surface area contributed by atoms with Crippen molar-refractivity contribution in [3.05, 3.63) is 64.7 Å². The number of hydrogen-bond acceptors (Lipinski definition) is 1. The second-order valence-electron chi connectivity index (χ2n) is 4.34. The lowest BCUT2D eigenvalue weighted by Crippen LogP contribution is -2.01. The average Bonchev–Trinajstić information content (AvgIpc) is 2.78. The van der Waals surface area contributed by atoms with Gasteiger partial charge in [-0.05, 0) is 6.07 Å². The lowest BCUT2D eigenvalue weighted by molar-refractivity contribution is 0.510.